The molecule has 4 heterocycles. The van der Waals surface area contributed by atoms with Gasteiger partial charge >= 0.3 is 12.1 Å². The molecular formula is C46H56N8O6. The van der Waals surface area contributed by atoms with E-state index in [-0.39, 0.29) is 24.6 Å². The molecule has 1 saturated carbocycles. The van der Waals surface area contributed by atoms with Crippen LogP contribution in [0.15, 0.2) is 72.9 Å². The molecule has 4 aliphatic rings. The first-order valence-corrected chi connectivity index (χ1v) is 21.1. The van der Waals surface area contributed by atoms with Crippen LogP contribution < -0.4 is 24.6 Å². The summed E-state index contributed by atoms with van der Waals surface area (Å²) in [5.41, 5.74) is 6.10. The van der Waals surface area contributed by atoms with Crippen molar-refractivity contribution in [2.24, 2.45) is 5.92 Å². The minimum atomic E-state index is -0.546. The predicted molar refractivity (Wildman–Crippen MR) is 230 cm³/mol. The molecule has 1 aliphatic carbocycles. The molecule has 4 aromatic rings. The molecule has 0 unspecified atom stereocenters. The number of aromatic nitrogens is 2. The van der Waals surface area contributed by atoms with Crippen LogP contribution in [0.5, 0.6) is 11.5 Å². The Morgan fingerprint density at radius 3 is 2.32 bits per heavy atom. The van der Waals surface area contributed by atoms with Gasteiger partial charge in [-0.2, -0.15) is 0 Å². The van der Waals surface area contributed by atoms with Gasteiger partial charge in [0.05, 0.1) is 32.5 Å². The standard InChI is InChI=1S/C46H56N8O6/c1-31-24-36(10-15-41(31)53-19-17-42(55)54(44(53)56)28-32-6-11-38(58-5)12-7-32)50-20-22-51(23-21-50)37-25-33(26-37)30-59-39-13-8-35(9-14-39)48-43-47-27-34-16-18-52(29-40(34)49-43)45(57)60-46(2,3)4/h6-15,24,27,33,37H,16-23,25-26,28-30H2,1-5H3,(H,47,48,49). The second-order valence-electron chi connectivity index (χ2n) is 17.3. The number of carbonyl (C=O) groups excluding carboxylic acids is 3. The van der Waals surface area contributed by atoms with Crippen LogP contribution in [0.1, 0.15) is 62.4 Å². The minimum Gasteiger partial charge on any atom is -0.497 e. The summed E-state index contributed by atoms with van der Waals surface area (Å²) in [6.45, 7) is 13.9. The van der Waals surface area contributed by atoms with E-state index >= 15 is 0 Å². The number of nitrogens with one attached hydrogen (secondary N) is 1. The van der Waals surface area contributed by atoms with Crippen molar-refractivity contribution in [2.75, 3.05) is 68.1 Å². The van der Waals surface area contributed by atoms with Crippen molar-refractivity contribution in [1.82, 2.24) is 24.7 Å². The molecular weight excluding hydrogens is 761 g/mol. The number of fused-ring (bicyclic) bond motifs is 1. The zero-order valence-corrected chi connectivity index (χ0v) is 35.4. The molecule has 3 fully saturated rings. The largest absolute Gasteiger partial charge is 0.497 e. The van der Waals surface area contributed by atoms with Crippen molar-refractivity contribution in [3.63, 3.8) is 0 Å². The molecule has 0 radical (unpaired) electrons. The van der Waals surface area contributed by atoms with Gasteiger partial charge in [-0.3, -0.25) is 19.5 Å². The monoisotopic (exact) mass is 816 g/mol. The average molecular weight is 817 g/mol. The lowest BCUT2D eigenvalue weighted by atomic mass is 9.79. The number of imide groups is 1. The van der Waals surface area contributed by atoms with Crippen molar-refractivity contribution < 1.29 is 28.6 Å². The highest BCUT2D eigenvalue weighted by Crippen LogP contribution is 2.35. The highest BCUT2D eigenvalue weighted by Gasteiger charge is 2.36. The van der Waals surface area contributed by atoms with Gasteiger partial charge in [0.2, 0.25) is 11.9 Å². The zero-order chi connectivity index (χ0) is 42.0. The third-order valence-electron chi connectivity index (χ3n) is 11.9. The van der Waals surface area contributed by atoms with Gasteiger partial charge < -0.3 is 29.3 Å². The fourth-order valence-electron chi connectivity index (χ4n) is 8.43. The number of ether oxygens (including phenoxy) is 3. The fourth-order valence-corrected chi connectivity index (χ4v) is 8.43. The number of piperazine rings is 1. The van der Waals surface area contributed by atoms with E-state index in [1.165, 1.54) is 4.90 Å². The second kappa shape index (κ2) is 17.4. The molecule has 0 spiro atoms. The SMILES string of the molecule is COc1ccc(CN2C(=O)CCN(c3ccc(N4CCN(C5CC(COc6ccc(Nc7ncc8c(n7)CN(C(=O)OC(C)(C)C)CC8)cc6)C5)CC4)cc3C)C2=O)cc1. The van der Waals surface area contributed by atoms with Crippen LogP contribution in [0, 0.1) is 12.8 Å². The topological polar surface area (TPSA) is 133 Å². The first kappa shape index (κ1) is 40.9. The first-order valence-electron chi connectivity index (χ1n) is 21.1. The summed E-state index contributed by atoms with van der Waals surface area (Å²) < 4.78 is 17.0. The molecule has 60 heavy (non-hydrogen) atoms. The summed E-state index contributed by atoms with van der Waals surface area (Å²) in [7, 11) is 1.61. The number of aryl methyl sites for hydroxylation is 1. The van der Waals surface area contributed by atoms with Crippen LogP contribution in [-0.2, 0) is 29.0 Å². The molecule has 0 bridgehead atoms. The van der Waals surface area contributed by atoms with E-state index in [0.717, 1.165) is 90.0 Å². The van der Waals surface area contributed by atoms with Crippen LogP contribution in [-0.4, -0.2) is 107 Å². The van der Waals surface area contributed by atoms with Gasteiger partial charge in [-0.15, -0.1) is 0 Å². The Balaban J connectivity index is 0.762. The van der Waals surface area contributed by atoms with Gasteiger partial charge in [0, 0.05) is 75.0 Å². The Morgan fingerprint density at radius 1 is 0.883 bits per heavy atom. The lowest BCUT2D eigenvalue weighted by molar-refractivity contribution is -0.129. The van der Waals surface area contributed by atoms with Crippen LogP contribution in [0.25, 0.3) is 0 Å². The number of amides is 4. The van der Waals surface area contributed by atoms with E-state index in [0.29, 0.717) is 57.0 Å². The van der Waals surface area contributed by atoms with Gasteiger partial charge in [-0.05, 0) is 124 Å². The third-order valence-corrected chi connectivity index (χ3v) is 11.9. The van der Waals surface area contributed by atoms with E-state index in [9.17, 15) is 14.4 Å². The number of rotatable bonds is 11. The van der Waals surface area contributed by atoms with Crippen LogP contribution >= 0.6 is 0 Å². The lowest BCUT2D eigenvalue weighted by Gasteiger charge is -2.46. The van der Waals surface area contributed by atoms with Gasteiger partial charge in [0.1, 0.15) is 17.1 Å². The summed E-state index contributed by atoms with van der Waals surface area (Å²) in [6.07, 6.45) is 4.77. The van der Waals surface area contributed by atoms with E-state index in [2.05, 4.69) is 32.2 Å². The van der Waals surface area contributed by atoms with Gasteiger partial charge in [0.25, 0.3) is 0 Å². The summed E-state index contributed by atoms with van der Waals surface area (Å²) in [5.74, 6) is 2.44. The molecule has 1 aromatic heterocycles. The predicted octanol–water partition coefficient (Wildman–Crippen LogP) is 7.17. The number of nitrogens with zero attached hydrogens (tertiary/aromatic N) is 7. The molecule has 14 nitrogen and oxygen atoms in total. The number of benzene rings is 3. The number of anilines is 4. The summed E-state index contributed by atoms with van der Waals surface area (Å²) >= 11 is 0. The maximum Gasteiger partial charge on any atom is 0.410 e. The third kappa shape index (κ3) is 9.44. The molecule has 1 N–H and O–H groups in total. The highest BCUT2D eigenvalue weighted by molar-refractivity contribution is 6.06. The van der Waals surface area contributed by atoms with E-state index in [1.54, 1.807) is 16.9 Å². The summed E-state index contributed by atoms with van der Waals surface area (Å²) in [6, 6.07) is 21.9. The number of methoxy groups -OCH3 is 1. The summed E-state index contributed by atoms with van der Waals surface area (Å²) in [4.78, 5) is 58.1. The van der Waals surface area contributed by atoms with Gasteiger partial charge in [-0.1, -0.05) is 12.1 Å². The smallest absolute Gasteiger partial charge is 0.410 e. The first-order chi connectivity index (χ1) is 28.9. The molecule has 316 valence electrons. The average Bonchev–Trinajstić information content (AvgIpc) is 3.22. The molecule has 8 rings (SSSR count). The number of urea groups is 1. The van der Waals surface area contributed by atoms with Crippen molar-refractivity contribution in [3.05, 3.63) is 95.3 Å². The Morgan fingerprint density at radius 2 is 1.62 bits per heavy atom. The Hall–Kier alpha value is -5.89. The number of hydrogen-bond acceptors (Lipinski definition) is 11. The molecule has 2 saturated heterocycles. The van der Waals surface area contributed by atoms with Crippen LogP contribution in [0.2, 0.25) is 0 Å². The van der Waals surface area contributed by atoms with E-state index in [1.807, 2.05) is 88.5 Å². The van der Waals surface area contributed by atoms with Crippen molar-refractivity contribution in [1.29, 1.82) is 0 Å². The fraction of sp³-hybridized carbons (Fsp3) is 0.457. The molecule has 3 aliphatic heterocycles. The Labute approximate surface area is 352 Å². The quantitative estimate of drug-likeness (QED) is 0.165. The molecule has 14 heteroatoms. The zero-order valence-electron chi connectivity index (χ0n) is 35.4. The molecule has 0 atom stereocenters. The number of hydrogen-bond donors (Lipinski definition) is 1. The minimum absolute atomic E-state index is 0.153. The Bertz CT molecular complexity index is 2180. The lowest BCUT2D eigenvalue weighted by Crippen LogP contribution is -2.54. The van der Waals surface area contributed by atoms with E-state index < -0.39 is 5.60 Å². The van der Waals surface area contributed by atoms with Gasteiger partial charge in [0.15, 0.2) is 0 Å². The molecule has 4 amide bonds. The highest BCUT2D eigenvalue weighted by atomic mass is 16.6. The van der Waals surface area contributed by atoms with E-state index in [4.69, 9.17) is 19.2 Å². The van der Waals surface area contributed by atoms with Crippen LogP contribution in [0.4, 0.5) is 32.6 Å². The van der Waals surface area contributed by atoms with Crippen molar-refractivity contribution in [3.8, 4) is 11.5 Å². The van der Waals surface area contributed by atoms with Gasteiger partial charge in [-0.25, -0.2) is 19.6 Å². The van der Waals surface area contributed by atoms with Crippen molar-refractivity contribution >= 4 is 41.0 Å². The second-order valence-corrected chi connectivity index (χ2v) is 17.3. The maximum atomic E-state index is 13.6. The maximum absolute atomic E-state index is 13.6. The van der Waals surface area contributed by atoms with Crippen LogP contribution in [0.3, 0.4) is 0 Å². The normalized spacial score (nSPS) is 19.8. The van der Waals surface area contributed by atoms with Crippen molar-refractivity contribution in [2.45, 2.75) is 78.1 Å². The number of carbonyl (C=O) groups is 3. The Kier molecular flexibility index (Phi) is 11.8. The molecule has 3 aromatic carbocycles. The summed E-state index contributed by atoms with van der Waals surface area (Å²) in [5, 5.41) is 3.29.